The summed E-state index contributed by atoms with van der Waals surface area (Å²) in [6.07, 6.45) is 0. The van der Waals surface area contributed by atoms with E-state index >= 15 is 0 Å². The SMILES string of the molecule is COC(=O)c1ccccc1NC(C)c1cccc(F)c1. The number of ether oxygens (including phenoxy) is 1. The summed E-state index contributed by atoms with van der Waals surface area (Å²) in [5.74, 6) is -0.683. The van der Waals surface area contributed by atoms with Crippen LogP contribution in [0.1, 0.15) is 28.9 Å². The molecule has 2 aromatic rings. The van der Waals surface area contributed by atoms with Crippen molar-refractivity contribution in [1.29, 1.82) is 0 Å². The largest absolute Gasteiger partial charge is 0.465 e. The van der Waals surface area contributed by atoms with Crippen molar-refractivity contribution in [3.63, 3.8) is 0 Å². The summed E-state index contributed by atoms with van der Waals surface area (Å²) >= 11 is 0. The van der Waals surface area contributed by atoms with E-state index in [2.05, 4.69) is 5.32 Å². The van der Waals surface area contributed by atoms with Gasteiger partial charge in [-0.05, 0) is 36.8 Å². The maximum Gasteiger partial charge on any atom is 0.339 e. The van der Waals surface area contributed by atoms with Crippen LogP contribution in [0.4, 0.5) is 10.1 Å². The van der Waals surface area contributed by atoms with Crippen LogP contribution in [-0.4, -0.2) is 13.1 Å². The zero-order valence-corrected chi connectivity index (χ0v) is 11.4. The molecule has 2 aromatic carbocycles. The fourth-order valence-corrected chi connectivity index (χ4v) is 1.99. The van der Waals surface area contributed by atoms with Gasteiger partial charge in [-0.1, -0.05) is 24.3 Å². The van der Waals surface area contributed by atoms with E-state index in [9.17, 15) is 9.18 Å². The number of nitrogens with one attached hydrogen (secondary N) is 1. The van der Waals surface area contributed by atoms with Crippen molar-refractivity contribution >= 4 is 11.7 Å². The summed E-state index contributed by atoms with van der Waals surface area (Å²) in [4.78, 5) is 11.7. The van der Waals surface area contributed by atoms with Gasteiger partial charge in [0.05, 0.1) is 12.7 Å². The Morgan fingerprint density at radius 2 is 1.95 bits per heavy atom. The van der Waals surface area contributed by atoms with Crippen molar-refractivity contribution in [1.82, 2.24) is 0 Å². The highest BCUT2D eigenvalue weighted by atomic mass is 19.1. The third kappa shape index (κ3) is 3.15. The molecule has 0 fully saturated rings. The lowest BCUT2D eigenvalue weighted by Gasteiger charge is -2.17. The average molecular weight is 273 g/mol. The number of rotatable bonds is 4. The molecule has 20 heavy (non-hydrogen) atoms. The van der Waals surface area contributed by atoms with Gasteiger partial charge >= 0.3 is 5.97 Å². The lowest BCUT2D eigenvalue weighted by atomic mass is 10.1. The highest BCUT2D eigenvalue weighted by Crippen LogP contribution is 2.23. The molecular formula is C16H16FNO2. The number of esters is 1. The van der Waals surface area contributed by atoms with Crippen LogP contribution >= 0.6 is 0 Å². The van der Waals surface area contributed by atoms with Gasteiger partial charge in [-0.3, -0.25) is 0 Å². The maximum absolute atomic E-state index is 13.2. The van der Waals surface area contributed by atoms with Gasteiger partial charge in [0.1, 0.15) is 5.82 Å². The molecule has 0 aliphatic heterocycles. The van der Waals surface area contributed by atoms with Gasteiger partial charge in [0.25, 0.3) is 0 Å². The highest BCUT2D eigenvalue weighted by molar-refractivity contribution is 5.95. The molecule has 3 nitrogen and oxygen atoms in total. The smallest absolute Gasteiger partial charge is 0.339 e. The van der Waals surface area contributed by atoms with Crippen molar-refractivity contribution in [2.75, 3.05) is 12.4 Å². The number of carbonyl (C=O) groups excluding carboxylic acids is 1. The minimum absolute atomic E-state index is 0.128. The fourth-order valence-electron chi connectivity index (χ4n) is 1.99. The second kappa shape index (κ2) is 6.19. The fraction of sp³-hybridized carbons (Fsp3) is 0.188. The van der Waals surface area contributed by atoms with Gasteiger partial charge in [-0.15, -0.1) is 0 Å². The van der Waals surface area contributed by atoms with E-state index in [1.54, 1.807) is 24.3 Å². The Kier molecular flexibility index (Phi) is 4.35. The van der Waals surface area contributed by atoms with E-state index in [1.807, 2.05) is 19.1 Å². The molecule has 0 spiro atoms. The molecule has 0 amide bonds. The van der Waals surface area contributed by atoms with Gasteiger partial charge in [-0.25, -0.2) is 9.18 Å². The molecule has 1 unspecified atom stereocenters. The van der Waals surface area contributed by atoms with E-state index in [0.29, 0.717) is 11.3 Å². The molecule has 0 bridgehead atoms. The van der Waals surface area contributed by atoms with Crippen LogP contribution in [0.2, 0.25) is 0 Å². The third-order valence-electron chi connectivity index (χ3n) is 3.05. The predicted octanol–water partition coefficient (Wildman–Crippen LogP) is 3.79. The van der Waals surface area contributed by atoms with Crippen molar-refractivity contribution in [2.45, 2.75) is 13.0 Å². The monoisotopic (exact) mass is 273 g/mol. The first-order valence-electron chi connectivity index (χ1n) is 6.31. The van der Waals surface area contributed by atoms with Crippen LogP contribution in [0.15, 0.2) is 48.5 Å². The topological polar surface area (TPSA) is 38.3 Å². The van der Waals surface area contributed by atoms with E-state index < -0.39 is 5.97 Å². The van der Waals surface area contributed by atoms with Gasteiger partial charge in [0.2, 0.25) is 0 Å². The zero-order chi connectivity index (χ0) is 14.5. The summed E-state index contributed by atoms with van der Waals surface area (Å²) in [7, 11) is 1.34. The van der Waals surface area contributed by atoms with E-state index in [4.69, 9.17) is 4.74 Å². The average Bonchev–Trinajstić information content (AvgIpc) is 2.47. The van der Waals surface area contributed by atoms with Crippen LogP contribution in [-0.2, 0) is 4.74 Å². The highest BCUT2D eigenvalue weighted by Gasteiger charge is 2.13. The Labute approximate surface area is 117 Å². The number of hydrogen-bond donors (Lipinski definition) is 1. The minimum atomic E-state index is -0.403. The van der Waals surface area contributed by atoms with Crippen molar-refractivity contribution < 1.29 is 13.9 Å². The number of methoxy groups -OCH3 is 1. The van der Waals surface area contributed by atoms with E-state index in [1.165, 1.54) is 19.2 Å². The molecule has 0 saturated carbocycles. The van der Waals surface area contributed by atoms with E-state index in [0.717, 1.165) is 5.56 Å². The lowest BCUT2D eigenvalue weighted by Crippen LogP contribution is -2.11. The molecule has 0 aliphatic carbocycles. The quantitative estimate of drug-likeness (QED) is 0.861. The number of anilines is 1. The molecule has 0 saturated heterocycles. The van der Waals surface area contributed by atoms with Crippen LogP contribution in [0.25, 0.3) is 0 Å². The Morgan fingerprint density at radius 3 is 2.65 bits per heavy atom. The minimum Gasteiger partial charge on any atom is -0.465 e. The summed E-state index contributed by atoms with van der Waals surface area (Å²) in [6, 6.07) is 13.3. The molecule has 104 valence electrons. The van der Waals surface area contributed by atoms with Crippen LogP contribution in [0.5, 0.6) is 0 Å². The van der Waals surface area contributed by atoms with E-state index in [-0.39, 0.29) is 11.9 Å². The van der Waals surface area contributed by atoms with Crippen LogP contribution < -0.4 is 5.32 Å². The molecule has 1 N–H and O–H groups in total. The molecule has 0 heterocycles. The summed E-state index contributed by atoms with van der Waals surface area (Å²) in [5, 5.41) is 3.20. The van der Waals surface area contributed by atoms with Gasteiger partial charge in [0.15, 0.2) is 0 Å². The molecule has 2 rings (SSSR count). The first-order valence-corrected chi connectivity index (χ1v) is 6.31. The Hall–Kier alpha value is -2.36. The molecule has 1 atom stereocenters. The van der Waals surface area contributed by atoms with Crippen LogP contribution in [0.3, 0.4) is 0 Å². The van der Waals surface area contributed by atoms with Crippen molar-refractivity contribution in [3.05, 3.63) is 65.5 Å². The number of carbonyl (C=O) groups is 1. The number of halogens is 1. The van der Waals surface area contributed by atoms with Gasteiger partial charge < -0.3 is 10.1 Å². The lowest BCUT2D eigenvalue weighted by molar-refractivity contribution is 0.0602. The summed E-state index contributed by atoms with van der Waals surface area (Å²) in [5.41, 5.74) is 1.93. The molecule has 0 aromatic heterocycles. The van der Waals surface area contributed by atoms with Crippen molar-refractivity contribution in [3.8, 4) is 0 Å². The summed E-state index contributed by atoms with van der Waals surface area (Å²) in [6.45, 7) is 1.91. The number of para-hydroxylation sites is 1. The Bertz CT molecular complexity index is 613. The first kappa shape index (κ1) is 14.1. The van der Waals surface area contributed by atoms with Gasteiger partial charge in [-0.2, -0.15) is 0 Å². The number of benzene rings is 2. The van der Waals surface area contributed by atoms with Crippen LogP contribution in [0, 0.1) is 5.82 Å². The Balaban J connectivity index is 2.24. The zero-order valence-electron chi connectivity index (χ0n) is 11.4. The molecule has 4 heteroatoms. The standard InChI is InChI=1S/C16H16FNO2/c1-11(12-6-5-7-13(17)10-12)18-15-9-4-3-8-14(15)16(19)20-2/h3-11,18H,1-2H3. The van der Waals surface area contributed by atoms with Gasteiger partial charge in [0, 0.05) is 11.7 Å². The maximum atomic E-state index is 13.2. The predicted molar refractivity (Wildman–Crippen MR) is 76.2 cm³/mol. The second-order valence-corrected chi connectivity index (χ2v) is 4.46. The number of hydrogen-bond acceptors (Lipinski definition) is 3. The first-order chi connectivity index (χ1) is 9.61. The third-order valence-corrected chi connectivity index (χ3v) is 3.05. The normalized spacial score (nSPS) is 11.8. The molecule has 0 radical (unpaired) electrons. The summed E-state index contributed by atoms with van der Waals surface area (Å²) < 4.78 is 18.0. The molecule has 0 aliphatic rings. The second-order valence-electron chi connectivity index (χ2n) is 4.46. The van der Waals surface area contributed by atoms with Crippen molar-refractivity contribution in [2.24, 2.45) is 0 Å². The molecular weight excluding hydrogens is 257 g/mol. The Morgan fingerprint density at radius 1 is 1.20 bits per heavy atom.